The second-order valence-electron chi connectivity index (χ2n) is 9.16. The van der Waals surface area contributed by atoms with E-state index in [-0.39, 0.29) is 17.1 Å². The Morgan fingerprint density at radius 1 is 1.15 bits per heavy atom. The average Bonchev–Trinajstić information content (AvgIpc) is 3.32. The van der Waals surface area contributed by atoms with E-state index >= 15 is 0 Å². The molecular formula is C24H28ClFN6O2. The molecule has 0 spiro atoms. The second-order valence-corrected chi connectivity index (χ2v) is 9.57. The summed E-state index contributed by atoms with van der Waals surface area (Å²) in [5.41, 5.74) is 1.14. The Morgan fingerprint density at radius 3 is 2.59 bits per heavy atom. The lowest BCUT2D eigenvalue weighted by molar-refractivity contribution is 0.373. The standard InChI is InChI=1S/C24H28ClFN6O2/c1-14(2)32-24(34-18-6-7-20(26)19(25)11-18)29-23(30-32)28-22-15-4-5-16(22)13-31(12-15)17-8-9-27-21(10-17)33-3/h6-11,14-16,22H,4-5,12-13H2,1-3H3,(H,28,30). The summed E-state index contributed by atoms with van der Waals surface area (Å²) in [6.45, 7) is 5.91. The third kappa shape index (κ3) is 4.49. The molecule has 2 aromatic heterocycles. The number of methoxy groups -OCH3 is 1. The van der Waals surface area contributed by atoms with Gasteiger partial charge in [-0.15, -0.1) is 5.10 Å². The number of benzene rings is 1. The number of anilines is 2. The normalized spacial score (nSPS) is 21.7. The molecule has 10 heteroatoms. The Labute approximate surface area is 203 Å². The van der Waals surface area contributed by atoms with Gasteiger partial charge in [0.05, 0.1) is 18.2 Å². The highest BCUT2D eigenvalue weighted by molar-refractivity contribution is 6.30. The van der Waals surface area contributed by atoms with Gasteiger partial charge in [-0.05, 0) is 56.7 Å². The van der Waals surface area contributed by atoms with Crippen molar-refractivity contribution in [1.82, 2.24) is 19.7 Å². The van der Waals surface area contributed by atoms with E-state index in [9.17, 15) is 4.39 Å². The summed E-state index contributed by atoms with van der Waals surface area (Å²) in [4.78, 5) is 11.3. The molecule has 8 nitrogen and oxygen atoms in total. The van der Waals surface area contributed by atoms with Crippen molar-refractivity contribution in [2.45, 2.75) is 38.8 Å². The summed E-state index contributed by atoms with van der Waals surface area (Å²) in [5.74, 6) is 2.04. The number of rotatable bonds is 7. The molecule has 1 aliphatic heterocycles. The maximum absolute atomic E-state index is 13.5. The van der Waals surface area contributed by atoms with Crippen molar-refractivity contribution in [1.29, 1.82) is 0 Å². The number of fused-ring (bicyclic) bond motifs is 2. The highest BCUT2D eigenvalue weighted by atomic mass is 35.5. The zero-order chi connectivity index (χ0) is 23.8. The van der Waals surface area contributed by atoms with E-state index < -0.39 is 5.82 Å². The molecule has 3 heterocycles. The lowest BCUT2D eigenvalue weighted by atomic mass is 9.92. The molecule has 2 bridgehead atoms. The van der Waals surface area contributed by atoms with Crippen molar-refractivity contribution < 1.29 is 13.9 Å². The van der Waals surface area contributed by atoms with Gasteiger partial charge in [-0.25, -0.2) is 14.1 Å². The monoisotopic (exact) mass is 486 g/mol. The molecule has 2 unspecified atom stereocenters. The number of piperidine rings is 1. The van der Waals surface area contributed by atoms with Crippen LogP contribution >= 0.6 is 11.6 Å². The molecule has 1 saturated carbocycles. The van der Waals surface area contributed by atoms with Gasteiger partial charge in [0.25, 0.3) is 0 Å². The van der Waals surface area contributed by atoms with Crippen LogP contribution in [0.25, 0.3) is 0 Å². The quantitative estimate of drug-likeness (QED) is 0.493. The summed E-state index contributed by atoms with van der Waals surface area (Å²) in [5, 5.41) is 8.25. The first-order chi connectivity index (χ1) is 16.4. The Kier molecular flexibility index (Phi) is 6.20. The molecule has 0 radical (unpaired) electrons. The van der Waals surface area contributed by atoms with E-state index in [2.05, 4.69) is 25.3 Å². The smallest absolute Gasteiger partial charge is 0.322 e. The Balaban J connectivity index is 1.32. The van der Waals surface area contributed by atoms with Gasteiger partial charge in [-0.2, -0.15) is 4.98 Å². The zero-order valence-electron chi connectivity index (χ0n) is 19.4. The molecule has 1 aromatic carbocycles. The van der Waals surface area contributed by atoms with Gasteiger partial charge in [0.2, 0.25) is 11.8 Å². The van der Waals surface area contributed by atoms with Gasteiger partial charge in [0.1, 0.15) is 11.6 Å². The number of hydrogen-bond acceptors (Lipinski definition) is 7. The summed E-state index contributed by atoms with van der Waals surface area (Å²) >= 11 is 5.90. The van der Waals surface area contributed by atoms with Crippen molar-refractivity contribution >= 4 is 23.2 Å². The summed E-state index contributed by atoms with van der Waals surface area (Å²) < 4.78 is 26.5. The molecule has 1 saturated heterocycles. The Bertz CT molecular complexity index is 1160. The number of pyridine rings is 1. The number of aromatic nitrogens is 4. The van der Waals surface area contributed by atoms with E-state index in [0.29, 0.717) is 35.4 Å². The highest BCUT2D eigenvalue weighted by Gasteiger charge is 2.42. The molecule has 34 heavy (non-hydrogen) atoms. The minimum Gasteiger partial charge on any atom is -0.481 e. The zero-order valence-corrected chi connectivity index (χ0v) is 20.2. The van der Waals surface area contributed by atoms with Gasteiger partial charge in [-0.1, -0.05) is 11.6 Å². The third-order valence-electron chi connectivity index (χ3n) is 6.61. The van der Waals surface area contributed by atoms with Crippen molar-refractivity contribution in [2.24, 2.45) is 11.8 Å². The lowest BCUT2D eigenvalue weighted by Crippen LogP contribution is -2.48. The summed E-state index contributed by atoms with van der Waals surface area (Å²) in [7, 11) is 1.64. The molecule has 180 valence electrons. The van der Waals surface area contributed by atoms with E-state index in [1.807, 2.05) is 26.0 Å². The Hall–Kier alpha value is -3.07. The van der Waals surface area contributed by atoms with Crippen LogP contribution < -0.4 is 19.7 Å². The first kappa shape index (κ1) is 22.7. The molecule has 2 aliphatic rings. The van der Waals surface area contributed by atoms with E-state index in [4.69, 9.17) is 21.1 Å². The average molecular weight is 487 g/mol. The van der Waals surface area contributed by atoms with Crippen molar-refractivity contribution in [3.63, 3.8) is 0 Å². The van der Waals surface area contributed by atoms with Crippen LogP contribution in [0.3, 0.4) is 0 Å². The molecule has 5 rings (SSSR count). The van der Waals surface area contributed by atoms with Crippen molar-refractivity contribution in [3.8, 4) is 17.6 Å². The number of hydrogen-bond donors (Lipinski definition) is 1. The predicted molar refractivity (Wildman–Crippen MR) is 129 cm³/mol. The maximum atomic E-state index is 13.5. The van der Waals surface area contributed by atoms with Crippen LogP contribution in [0.1, 0.15) is 32.7 Å². The van der Waals surface area contributed by atoms with Crippen molar-refractivity contribution in [2.75, 3.05) is 30.4 Å². The molecule has 0 amide bonds. The first-order valence-corrected chi connectivity index (χ1v) is 11.9. The van der Waals surface area contributed by atoms with E-state index in [0.717, 1.165) is 31.6 Å². The maximum Gasteiger partial charge on any atom is 0.322 e. The number of ether oxygens (including phenoxy) is 2. The molecular weight excluding hydrogens is 459 g/mol. The van der Waals surface area contributed by atoms with Crippen LogP contribution in [-0.2, 0) is 0 Å². The SMILES string of the molecule is COc1cc(N2CC3CCC(C2)C3Nc2nc(Oc3ccc(F)c(Cl)c3)n(C(C)C)n2)ccn1. The molecule has 2 fully saturated rings. The third-order valence-corrected chi connectivity index (χ3v) is 6.90. The van der Waals surface area contributed by atoms with Gasteiger partial charge in [0, 0.05) is 43.1 Å². The fraction of sp³-hybridized carbons (Fsp3) is 0.458. The minimum atomic E-state index is -0.492. The lowest BCUT2D eigenvalue weighted by Gasteiger charge is -2.39. The van der Waals surface area contributed by atoms with Crippen LogP contribution in [0.15, 0.2) is 36.5 Å². The number of nitrogens with zero attached hydrogens (tertiary/aromatic N) is 5. The van der Waals surface area contributed by atoms with Crippen LogP contribution in [-0.4, -0.2) is 46.0 Å². The fourth-order valence-electron chi connectivity index (χ4n) is 4.95. The van der Waals surface area contributed by atoms with Crippen LogP contribution in [0, 0.1) is 17.7 Å². The predicted octanol–water partition coefficient (Wildman–Crippen LogP) is 5.17. The highest BCUT2D eigenvalue weighted by Crippen LogP contribution is 2.40. The molecule has 1 aliphatic carbocycles. The number of nitrogens with one attached hydrogen (secondary N) is 1. The van der Waals surface area contributed by atoms with Crippen LogP contribution in [0.5, 0.6) is 17.6 Å². The number of halogens is 2. The largest absolute Gasteiger partial charge is 0.481 e. The van der Waals surface area contributed by atoms with Gasteiger partial charge < -0.3 is 19.7 Å². The Morgan fingerprint density at radius 2 is 1.91 bits per heavy atom. The van der Waals surface area contributed by atoms with Crippen LogP contribution in [0.4, 0.5) is 16.0 Å². The topological polar surface area (TPSA) is 77.3 Å². The fourth-order valence-corrected chi connectivity index (χ4v) is 5.12. The minimum absolute atomic E-state index is 0.00149. The summed E-state index contributed by atoms with van der Waals surface area (Å²) in [6, 6.07) is 8.93. The summed E-state index contributed by atoms with van der Waals surface area (Å²) in [6.07, 6.45) is 4.10. The van der Waals surface area contributed by atoms with Gasteiger partial charge in [-0.3, -0.25) is 0 Å². The van der Waals surface area contributed by atoms with Crippen LogP contribution in [0.2, 0.25) is 5.02 Å². The molecule has 1 N–H and O–H groups in total. The first-order valence-electron chi connectivity index (χ1n) is 11.5. The second kappa shape index (κ2) is 9.29. The van der Waals surface area contributed by atoms with Crippen molar-refractivity contribution in [3.05, 3.63) is 47.4 Å². The van der Waals surface area contributed by atoms with Gasteiger partial charge >= 0.3 is 6.01 Å². The molecule has 3 aromatic rings. The molecule has 2 atom stereocenters. The van der Waals surface area contributed by atoms with E-state index in [1.54, 1.807) is 18.0 Å². The van der Waals surface area contributed by atoms with E-state index in [1.165, 1.54) is 18.2 Å². The van der Waals surface area contributed by atoms with Gasteiger partial charge in [0.15, 0.2) is 0 Å².